The van der Waals surface area contributed by atoms with Crippen molar-refractivity contribution in [1.29, 1.82) is 0 Å². The van der Waals surface area contributed by atoms with Crippen molar-refractivity contribution in [3.05, 3.63) is 35.5 Å². The SMILES string of the molecule is CCCCCCOc1ccc(Cc2cnc(N)nc2N)cc1OCCCCCC. The molecule has 0 radical (unpaired) electrons. The molecule has 0 saturated carbocycles. The van der Waals surface area contributed by atoms with Crippen LogP contribution in [0.4, 0.5) is 11.8 Å². The maximum Gasteiger partial charge on any atom is 0.221 e. The van der Waals surface area contributed by atoms with Crippen LogP contribution in [0.1, 0.15) is 76.3 Å². The predicted molar refractivity (Wildman–Crippen MR) is 119 cm³/mol. The van der Waals surface area contributed by atoms with Gasteiger partial charge in [0, 0.05) is 18.2 Å². The molecule has 0 atom stereocenters. The highest BCUT2D eigenvalue weighted by Crippen LogP contribution is 2.30. The second kappa shape index (κ2) is 12.9. The Hall–Kier alpha value is -2.50. The zero-order chi connectivity index (χ0) is 20.9. The van der Waals surface area contributed by atoms with Gasteiger partial charge in [-0.1, -0.05) is 58.4 Å². The van der Waals surface area contributed by atoms with Gasteiger partial charge in [0.2, 0.25) is 5.95 Å². The molecule has 0 saturated heterocycles. The van der Waals surface area contributed by atoms with E-state index in [4.69, 9.17) is 20.9 Å². The van der Waals surface area contributed by atoms with Gasteiger partial charge < -0.3 is 20.9 Å². The molecule has 1 heterocycles. The van der Waals surface area contributed by atoms with Crippen LogP contribution in [-0.2, 0) is 6.42 Å². The normalized spacial score (nSPS) is 10.8. The summed E-state index contributed by atoms with van der Waals surface area (Å²) in [5.41, 5.74) is 13.5. The smallest absolute Gasteiger partial charge is 0.221 e. The van der Waals surface area contributed by atoms with Crippen molar-refractivity contribution in [3.8, 4) is 11.5 Å². The van der Waals surface area contributed by atoms with Crippen LogP contribution in [0.3, 0.4) is 0 Å². The second-order valence-corrected chi connectivity index (χ2v) is 7.41. The van der Waals surface area contributed by atoms with E-state index in [0.29, 0.717) is 25.5 Å². The largest absolute Gasteiger partial charge is 0.490 e. The first-order chi connectivity index (χ1) is 14.1. The predicted octanol–water partition coefficient (Wildman–Crippen LogP) is 5.15. The summed E-state index contributed by atoms with van der Waals surface area (Å²) in [5, 5.41) is 0. The Morgan fingerprint density at radius 2 is 1.48 bits per heavy atom. The number of unbranched alkanes of at least 4 members (excludes halogenated alkanes) is 6. The van der Waals surface area contributed by atoms with E-state index in [1.54, 1.807) is 6.20 Å². The third-order valence-corrected chi connectivity index (χ3v) is 4.83. The molecular weight excluding hydrogens is 364 g/mol. The summed E-state index contributed by atoms with van der Waals surface area (Å²) in [5.74, 6) is 2.21. The minimum absolute atomic E-state index is 0.189. The monoisotopic (exact) mass is 400 g/mol. The van der Waals surface area contributed by atoms with Gasteiger partial charge in [0.05, 0.1) is 13.2 Å². The van der Waals surface area contributed by atoms with Gasteiger partial charge in [-0.05, 0) is 30.5 Å². The average Bonchev–Trinajstić information content (AvgIpc) is 2.71. The summed E-state index contributed by atoms with van der Waals surface area (Å²) in [7, 11) is 0. The summed E-state index contributed by atoms with van der Waals surface area (Å²) in [6.45, 7) is 5.83. The standard InChI is InChI=1S/C23H36N4O2/c1-3-5-7-9-13-28-20-12-11-18(15-19-17-26-23(25)27-22(19)24)16-21(20)29-14-10-8-6-4-2/h11-12,16-17H,3-10,13-15H2,1-2H3,(H4,24,25,26,27). The lowest BCUT2D eigenvalue weighted by molar-refractivity contribution is 0.258. The molecule has 0 bridgehead atoms. The first-order valence-electron chi connectivity index (χ1n) is 10.9. The molecule has 0 unspecified atom stereocenters. The van der Waals surface area contributed by atoms with Gasteiger partial charge in [0.25, 0.3) is 0 Å². The van der Waals surface area contributed by atoms with Crippen LogP contribution in [0.25, 0.3) is 0 Å². The number of nitrogens with zero attached hydrogens (tertiary/aromatic N) is 2. The molecule has 6 heteroatoms. The van der Waals surface area contributed by atoms with Crippen LogP contribution in [0, 0.1) is 0 Å². The summed E-state index contributed by atoms with van der Waals surface area (Å²) < 4.78 is 12.1. The van der Waals surface area contributed by atoms with Gasteiger partial charge in [-0.3, -0.25) is 0 Å². The third kappa shape index (κ3) is 8.18. The zero-order valence-electron chi connectivity index (χ0n) is 18.0. The van der Waals surface area contributed by atoms with Crippen molar-refractivity contribution < 1.29 is 9.47 Å². The molecule has 0 aliphatic rings. The molecule has 0 fully saturated rings. The fourth-order valence-corrected chi connectivity index (χ4v) is 3.11. The van der Waals surface area contributed by atoms with Crippen LogP contribution in [0.2, 0.25) is 0 Å². The minimum atomic E-state index is 0.189. The number of hydrogen-bond acceptors (Lipinski definition) is 6. The summed E-state index contributed by atoms with van der Waals surface area (Å²) >= 11 is 0. The van der Waals surface area contributed by atoms with E-state index < -0.39 is 0 Å². The maximum absolute atomic E-state index is 6.08. The molecule has 2 aromatic rings. The lowest BCUT2D eigenvalue weighted by Gasteiger charge is -2.15. The van der Waals surface area contributed by atoms with E-state index in [2.05, 4.69) is 23.8 Å². The van der Waals surface area contributed by atoms with Crippen molar-refractivity contribution in [2.24, 2.45) is 0 Å². The fourth-order valence-electron chi connectivity index (χ4n) is 3.11. The number of ether oxygens (including phenoxy) is 2. The molecule has 0 aliphatic heterocycles. The van der Waals surface area contributed by atoms with Gasteiger partial charge >= 0.3 is 0 Å². The van der Waals surface area contributed by atoms with E-state index in [0.717, 1.165) is 35.5 Å². The Morgan fingerprint density at radius 3 is 2.10 bits per heavy atom. The number of nitrogen functional groups attached to an aromatic ring is 2. The Labute approximate surface area is 175 Å². The van der Waals surface area contributed by atoms with E-state index >= 15 is 0 Å². The van der Waals surface area contributed by atoms with Crippen molar-refractivity contribution in [2.75, 3.05) is 24.7 Å². The zero-order valence-corrected chi connectivity index (χ0v) is 18.0. The van der Waals surface area contributed by atoms with Crippen molar-refractivity contribution >= 4 is 11.8 Å². The third-order valence-electron chi connectivity index (χ3n) is 4.83. The van der Waals surface area contributed by atoms with Crippen LogP contribution in [0.15, 0.2) is 24.4 Å². The Bertz CT molecular complexity index is 737. The Balaban J connectivity index is 2.04. The molecule has 4 N–H and O–H groups in total. The highest BCUT2D eigenvalue weighted by atomic mass is 16.5. The highest BCUT2D eigenvalue weighted by molar-refractivity contribution is 5.48. The molecular formula is C23H36N4O2. The first kappa shape index (κ1) is 22.8. The van der Waals surface area contributed by atoms with Gasteiger partial charge in [-0.15, -0.1) is 0 Å². The number of anilines is 2. The van der Waals surface area contributed by atoms with E-state index in [-0.39, 0.29) is 5.95 Å². The summed E-state index contributed by atoms with van der Waals surface area (Å²) in [4.78, 5) is 8.09. The van der Waals surface area contributed by atoms with Crippen molar-refractivity contribution in [1.82, 2.24) is 9.97 Å². The quantitative estimate of drug-likeness (QED) is 0.426. The van der Waals surface area contributed by atoms with Gasteiger partial charge in [0.15, 0.2) is 11.5 Å². The van der Waals surface area contributed by atoms with Crippen molar-refractivity contribution in [2.45, 2.75) is 71.6 Å². The number of nitrogens with two attached hydrogens (primary N) is 2. The lowest BCUT2D eigenvalue weighted by atomic mass is 10.1. The van der Waals surface area contributed by atoms with Gasteiger partial charge in [0.1, 0.15) is 5.82 Å². The number of aromatic nitrogens is 2. The average molecular weight is 401 g/mol. The first-order valence-corrected chi connectivity index (χ1v) is 10.9. The molecule has 1 aromatic carbocycles. The van der Waals surface area contributed by atoms with Gasteiger partial charge in [-0.2, -0.15) is 4.98 Å². The molecule has 2 rings (SSSR count). The van der Waals surface area contributed by atoms with Gasteiger partial charge in [-0.25, -0.2) is 4.98 Å². The van der Waals surface area contributed by atoms with Crippen LogP contribution < -0.4 is 20.9 Å². The molecule has 0 spiro atoms. The molecule has 1 aromatic heterocycles. The highest BCUT2D eigenvalue weighted by Gasteiger charge is 2.10. The summed E-state index contributed by atoms with van der Waals surface area (Å²) in [6, 6.07) is 6.07. The number of hydrogen-bond donors (Lipinski definition) is 2. The number of rotatable bonds is 14. The van der Waals surface area contributed by atoms with E-state index in [9.17, 15) is 0 Å². The second-order valence-electron chi connectivity index (χ2n) is 7.41. The molecule has 29 heavy (non-hydrogen) atoms. The van der Waals surface area contributed by atoms with E-state index in [1.165, 1.54) is 38.5 Å². The fraction of sp³-hybridized carbons (Fsp3) is 0.565. The Morgan fingerprint density at radius 1 is 0.828 bits per heavy atom. The van der Waals surface area contributed by atoms with E-state index in [1.807, 2.05) is 18.2 Å². The summed E-state index contributed by atoms with van der Waals surface area (Å²) in [6.07, 6.45) is 11.7. The number of benzene rings is 1. The molecule has 160 valence electrons. The van der Waals surface area contributed by atoms with Crippen LogP contribution in [-0.4, -0.2) is 23.2 Å². The van der Waals surface area contributed by atoms with Crippen LogP contribution >= 0.6 is 0 Å². The minimum Gasteiger partial charge on any atom is -0.490 e. The molecule has 0 amide bonds. The van der Waals surface area contributed by atoms with Crippen molar-refractivity contribution in [3.63, 3.8) is 0 Å². The van der Waals surface area contributed by atoms with Crippen LogP contribution in [0.5, 0.6) is 11.5 Å². The Kier molecular flexibility index (Phi) is 10.1. The lowest BCUT2D eigenvalue weighted by Crippen LogP contribution is -2.05. The molecule has 0 aliphatic carbocycles. The molecule has 6 nitrogen and oxygen atoms in total. The topological polar surface area (TPSA) is 96.3 Å². The maximum atomic E-state index is 6.08.